The molecule has 0 fully saturated rings. The van der Waals surface area contributed by atoms with E-state index in [9.17, 15) is 14.4 Å². The number of ether oxygens (including phenoxy) is 2. The quantitative estimate of drug-likeness (QED) is 0.717. The molecule has 3 atom stereocenters. The molecule has 1 aliphatic heterocycles. The molecule has 0 aromatic heterocycles. The first kappa shape index (κ1) is 26.4. The summed E-state index contributed by atoms with van der Waals surface area (Å²) < 4.78 is 11.7. The molecule has 0 radical (unpaired) electrons. The normalized spacial score (nSPS) is 22.1. The van der Waals surface area contributed by atoms with E-state index < -0.39 is 0 Å². The Balaban J connectivity index is 2.44. The summed E-state index contributed by atoms with van der Waals surface area (Å²) in [4.78, 5) is 41.4. The van der Waals surface area contributed by atoms with E-state index >= 15 is 0 Å². The van der Waals surface area contributed by atoms with Crippen molar-refractivity contribution in [3.63, 3.8) is 0 Å². The molecular formula is C24H38N4O5. The fraction of sp³-hybridized carbons (Fsp3) is 0.625. The van der Waals surface area contributed by atoms with Gasteiger partial charge in [0.15, 0.2) is 0 Å². The van der Waals surface area contributed by atoms with E-state index in [4.69, 9.17) is 9.47 Å². The highest BCUT2D eigenvalue weighted by Crippen LogP contribution is 2.26. The minimum absolute atomic E-state index is 0.00163. The van der Waals surface area contributed by atoms with Crippen molar-refractivity contribution in [3.05, 3.63) is 23.8 Å². The van der Waals surface area contributed by atoms with Crippen molar-refractivity contribution in [1.82, 2.24) is 15.1 Å². The summed E-state index contributed by atoms with van der Waals surface area (Å²) in [6.45, 7) is 10.5. The molecule has 0 unspecified atom stereocenters. The predicted octanol–water partition coefficient (Wildman–Crippen LogP) is 2.96. The lowest BCUT2D eigenvalue weighted by atomic mass is 10.0. The van der Waals surface area contributed by atoms with Crippen LogP contribution in [0.1, 0.15) is 51.4 Å². The largest absolute Gasteiger partial charge is 0.491 e. The minimum atomic E-state index is -0.271. The maximum absolute atomic E-state index is 13.3. The van der Waals surface area contributed by atoms with Gasteiger partial charge in [-0.1, -0.05) is 13.8 Å². The van der Waals surface area contributed by atoms with Gasteiger partial charge in [-0.25, -0.2) is 4.79 Å². The molecule has 9 nitrogen and oxygen atoms in total. The van der Waals surface area contributed by atoms with E-state index in [1.807, 2.05) is 27.7 Å². The second-order valence-corrected chi connectivity index (χ2v) is 8.97. The molecule has 33 heavy (non-hydrogen) atoms. The zero-order valence-corrected chi connectivity index (χ0v) is 20.8. The van der Waals surface area contributed by atoms with Gasteiger partial charge in [-0.05, 0) is 39.0 Å². The Hall–Kier alpha value is -2.81. The van der Waals surface area contributed by atoms with Gasteiger partial charge in [0.1, 0.15) is 12.4 Å². The average molecular weight is 463 g/mol. The van der Waals surface area contributed by atoms with Gasteiger partial charge >= 0.3 is 6.03 Å². The monoisotopic (exact) mass is 462 g/mol. The van der Waals surface area contributed by atoms with Gasteiger partial charge in [0.2, 0.25) is 5.91 Å². The average Bonchev–Trinajstić information content (AvgIpc) is 2.77. The highest BCUT2D eigenvalue weighted by molar-refractivity contribution is 5.99. The van der Waals surface area contributed by atoms with E-state index in [0.29, 0.717) is 36.5 Å². The fourth-order valence-corrected chi connectivity index (χ4v) is 3.72. The number of methoxy groups -OCH3 is 1. The van der Waals surface area contributed by atoms with Crippen molar-refractivity contribution in [2.75, 3.05) is 39.2 Å². The lowest BCUT2D eigenvalue weighted by Crippen LogP contribution is -2.52. The Bertz CT molecular complexity index is 844. The van der Waals surface area contributed by atoms with Crippen molar-refractivity contribution in [3.8, 4) is 5.75 Å². The highest BCUT2D eigenvalue weighted by atomic mass is 16.5. The number of carbonyl (C=O) groups excluding carboxylic acids is 3. The van der Waals surface area contributed by atoms with Gasteiger partial charge in [-0.3, -0.25) is 9.59 Å². The zero-order valence-electron chi connectivity index (χ0n) is 20.8. The number of hydrogen-bond donors (Lipinski definition) is 2. The van der Waals surface area contributed by atoms with Crippen LogP contribution in [0.5, 0.6) is 5.75 Å². The van der Waals surface area contributed by atoms with Crippen LogP contribution in [0.15, 0.2) is 18.2 Å². The number of hydrogen-bond acceptors (Lipinski definition) is 5. The van der Waals surface area contributed by atoms with E-state index in [1.54, 1.807) is 49.1 Å². The molecule has 0 saturated heterocycles. The number of nitrogens with zero attached hydrogens (tertiary/aromatic N) is 2. The zero-order chi connectivity index (χ0) is 24.7. The summed E-state index contributed by atoms with van der Waals surface area (Å²) in [7, 11) is 3.32. The minimum Gasteiger partial charge on any atom is -0.491 e. The Labute approximate surface area is 196 Å². The highest BCUT2D eigenvalue weighted by Gasteiger charge is 2.30. The summed E-state index contributed by atoms with van der Waals surface area (Å²) in [5.74, 6) is 0.00713. The maximum atomic E-state index is 13.3. The van der Waals surface area contributed by atoms with Crippen molar-refractivity contribution in [1.29, 1.82) is 0 Å². The lowest BCUT2D eigenvalue weighted by Gasteiger charge is -2.36. The van der Waals surface area contributed by atoms with Crippen LogP contribution >= 0.6 is 0 Å². The van der Waals surface area contributed by atoms with Gasteiger partial charge in [0.05, 0.1) is 17.7 Å². The number of anilines is 1. The molecule has 1 heterocycles. The molecule has 2 rings (SSSR count). The van der Waals surface area contributed by atoms with E-state index in [0.717, 1.165) is 0 Å². The Morgan fingerprint density at radius 3 is 2.55 bits per heavy atom. The first-order chi connectivity index (χ1) is 15.6. The van der Waals surface area contributed by atoms with Crippen LogP contribution in [0, 0.1) is 5.92 Å². The van der Waals surface area contributed by atoms with Crippen molar-refractivity contribution >= 4 is 23.5 Å². The molecule has 184 valence electrons. The molecule has 1 aliphatic rings. The Kier molecular flexibility index (Phi) is 9.52. The maximum Gasteiger partial charge on any atom is 0.317 e. The third-order valence-corrected chi connectivity index (χ3v) is 5.72. The first-order valence-corrected chi connectivity index (χ1v) is 11.5. The molecule has 0 spiro atoms. The summed E-state index contributed by atoms with van der Waals surface area (Å²) in [6, 6.07) is 4.61. The van der Waals surface area contributed by atoms with Crippen LogP contribution in [0.2, 0.25) is 0 Å². The number of rotatable bonds is 4. The number of fused-ring (bicyclic) bond motifs is 1. The third-order valence-electron chi connectivity index (χ3n) is 5.72. The van der Waals surface area contributed by atoms with Gasteiger partial charge in [-0.15, -0.1) is 0 Å². The van der Waals surface area contributed by atoms with E-state index in [1.165, 1.54) is 0 Å². The summed E-state index contributed by atoms with van der Waals surface area (Å²) >= 11 is 0. The second-order valence-electron chi connectivity index (χ2n) is 8.97. The van der Waals surface area contributed by atoms with Gasteiger partial charge in [0.25, 0.3) is 5.91 Å². The van der Waals surface area contributed by atoms with Crippen molar-refractivity contribution in [2.24, 2.45) is 5.92 Å². The molecular weight excluding hydrogens is 424 g/mol. The van der Waals surface area contributed by atoms with Gasteiger partial charge in [0, 0.05) is 51.3 Å². The van der Waals surface area contributed by atoms with Gasteiger partial charge in [-0.2, -0.15) is 0 Å². The predicted molar refractivity (Wildman–Crippen MR) is 128 cm³/mol. The van der Waals surface area contributed by atoms with Crippen molar-refractivity contribution in [2.45, 2.75) is 59.2 Å². The number of likely N-dealkylation sites (N-methyl/N-ethyl adjacent to an activating group) is 1. The first-order valence-electron chi connectivity index (χ1n) is 11.5. The lowest BCUT2D eigenvalue weighted by molar-refractivity contribution is -0.115. The van der Waals surface area contributed by atoms with Crippen LogP contribution in [-0.2, 0) is 9.53 Å². The number of nitrogens with one attached hydrogen (secondary N) is 2. The van der Waals surface area contributed by atoms with Gasteiger partial charge < -0.3 is 29.9 Å². The molecule has 0 bridgehead atoms. The molecule has 9 heteroatoms. The van der Waals surface area contributed by atoms with E-state index in [-0.39, 0.29) is 48.6 Å². The van der Waals surface area contributed by atoms with Crippen LogP contribution < -0.4 is 15.4 Å². The molecule has 1 aromatic rings. The molecule has 0 aliphatic carbocycles. The van der Waals surface area contributed by atoms with E-state index in [2.05, 4.69) is 10.6 Å². The molecule has 2 N–H and O–H groups in total. The summed E-state index contributed by atoms with van der Waals surface area (Å²) in [5, 5.41) is 5.75. The number of amides is 4. The Morgan fingerprint density at radius 1 is 1.24 bits per heavy atom. The second kappa shape index (κ2) is 11.9. The molecule has 0 saturated carbocycles. The molecule has 1 aromatic carbocycles. The summed E-state index contributed by atoms with van der Waals surface area (Å²) in [6.07, 6.45) is 0.0629. The number of urea groups is 1. The Morgan fingerprint density at radius 2 is 1.94 bits per heavy atom. The van der Waals surface area contributed by atoms with Crippen LogP contribution in [0.4, 0.5) is 10.5 Å². The standard InChI is InChI=1S/C24H38N4O5/c1-8-22(29)26-18-9-10-20-19(11-18)23(30)27(6)13-21(32-7)16(4)12-28(17(5)14-33-20)24(31)25-15(2)3/h9-11,15-17,21H,8,12-14H2,1-7H3,(H,25,31)(H,26,29)/t16-,17-,21-/m0/s1. The topological polar surface area (TPSA) is 100 Å². The van der Waals surface area contributed by atoms with Crippen LogP contribution in [0.3, 0.4) is 0 Å². The van der Waals surface area contributed by atoms with Crippen molar-refractivity contribution < 1.29 is 23.9 Å². The van der Waals surface area contributed by atoms with Crippen LogP contribution in [-0.4, -0.2) is 79.7 Å². The third kappa shape index (κ3) is 7.08. The SMILES string of the molecule is CCC(=O)Nc1ccc2c(c1)C(=O)N(C)C[C@H](OC)[C@@H](C)CN(C(=O)NC(C)C)[C@@H](C)CO2. The van der Waals surface area contributed by atoms with Crippen LogP contribution in [0.25, 0.3) is 0 Å². The number of benzene rings is 1. The number of carbonyl (C=O) groups is 3. The fourth-order valence-electron chi connectivity index (χ4n) is 3.72. The smallest absolute Gasteiger partial charge is 0.317 e. The summed E-state index contributed by atoms with van der Waals surface area (Å²) in [5.41, 5.74) is 0.876. The molecule has 4 amide bonds.